The standard InChI is InChI=1S/C23H21F2N7O3S/c1-32-10-16(19(31-32)35-11-18(24)25)30-22-27-7-5-15(29-22)17-12-36-20(28-17)13-3-2-4-14(9-13)23(34)6-8-26-21(23)33/h2-5,7,9-10,12,18,34H,6,8,11H2,1H3,(H,26,33)(H,27,29,30). The van der Waals surface area contributed by atoms with E-state index in [4.69, 9.17) is 4.74 Å². The number of amides is 1. The molecule has 186 valence electrons. The highest BCUT2D eigenvalue weighted by Gasteiger charge is 2.42. The van der Waals surface area contributed by atoms with E-state index in [2.05, 4.69) is 30.7 Å². The van der Waals surface area contributed by atoms with Crippen molar-refractivity contribution in [1.29, 1.82) is 0 Å². The molecule has 1 amide bonds. The molecule has 0 saturated carbocycles. The van der Waals surface area contributed by atoms with Crippen molar-refractivity contribution in [1.82, 2.24) is 30.0 Å². The van der Waals surface area contributed by atoms with Crippen LogP contribution in [0.3, 0.4) is 0 Å². The van der Waals surface area contributed by atoms with Gasteiger partial charge in [-0.25, -0.2) is 23.7 Å². The summed E-state index contributed by atoms with van der Waals surface area (Å²) in [5, 5.41) is 23.0. The first-order chi connectivity index (χ1) is 17.3. The molecule has 4 heterocycles. The van der Waals surface area contributed by atoms with Gasteiger partial charge in [-0.15, -0.1) is 16.4 Å². The second kappa shape index (κ2) is 9.59. The lowest BCUT2D eigenvalue weighted by molar-refractivity contribution is -0.135. The molecule has 1 aliphatic rings. The van der Waals surface area contributed by atoms with Gasteiger partial charge in [-0.3, -0.25) is 9.48 Å². The number of carbonyl (C=O) groups excluding carboxylic acids is 1. The molecule has 10 nitrogen and oxygen atoms in total. The zero-order valence-corrected chi connectivity index (χ0v) is 19.8. The number of nitrogens with one attached hydrogen (secondary N) is 2. The normalized spacial score (nSPS) is 17.4. The van der Waals surface area contributed by atoms with Crippen molar-refractivity contribution in [3.8, 4) is 27.8 Å². The van der Waals surface area contributed by atoms with Gasteiger partial charge < -0.3 is 20.5 Å². The third-order valence-corrected chi connectivity index (χ3v) is 6.44. The maximum Gasteiger partial charge on any atom is 0.272 e. The fourth-order valence-corrected chi connectivity index (χ4v) is 4.62. The molecule has 0 aliphatic carbocycles. The van der Waals surface area contributed by atoms with E-state index < -0.39 is 24.5 Å². The highest BCUT2D eigenvalue weighted by Crippen LogP contribution is 2.34. The van der Waals surface area contributed by atoms with Crippen LogP contribution in [0.2, 0.25) is 0 Å². The summed E-state index contributed by atoms with van der Waals surface area (Å²) in [5.41, 5.74) is 1.22. The lowest BCUT2D eigenvalue weighted by Gasteiger charge is -2.20. The number of rotatable bonds is 8. The second-order valence-electron chi connectivity index (χ2n) is 8.10. The van der Waals surface area contributed by atoms with Crippen molar-refractivity contribution in [2.24, 2.45) is 7.05 Å². The lowest BCUT2D eigenvalue weighted by atomic mass is 9.91. The summed E-state index contributed by atoms with van der Waals surface area (Å²) in [7, 11) is 1.64. The van der Waals surface area contributed by atoms with Gasteiger partial charge in [-0.05, 0) is 17.7 Å². The first kappa shape index (κ1) is 23.8. The van der Waals surface area contributed by atoms with E-state index in [1.165, 1.54) is 16.0 Å². The van der Waals surface area contributed by atoms with Crippen molar-refractivity contribution < 1.29 is 23.4 Å². The monoisotopic (exact) mass is 513 g/mol. The number of aryl methyl sites for hydroxylation is 1. The zero-order chi connectivity index (χ0) is 25.3. The maximum atomic E-state index is 12.5. The predicted octanol–water partition coefficient (Wildman–Crippen LogP) is 3.10. The third-order valence-electron chi connectivity index (χ3n) is 5.54. The van der Waals surface area contributed by atoms with E-state index in [0.717, 1.165) is 5.56 Å². The van der Waals surface area contributed by atoms with Gasteiger partial charge in [0.2, 0.25) is 5.95 Å². The predicted molar refractivity (Wildman–Crippen MR) is 128 cm³/mol. The summed E-state index contributed by atoms with van der Waals surface area (Å²) in [5.74, 6) is -0.175. The van der Waals surface area contributed by atoms with Gasteiger partial charge in [-0.1, -0.05) is 18.2 Å². The van der Waals surface area contributed by atoms with Crippen LogP contribution < -0.4 is 15.4 Å². The number of aliphatic hydroxyl groups is 1. The molecule has 1 atom stereocenters. The van der Waals surface area contributed by atoms with E-state index in [1.54, 1.807) is 43.7 Å². The highest BCUT2D eigenvalue weighted by molar-refractivity contribution is 7.13. The summed E-state index contributed by atoms with van der Waals surface area (Å²) in [6.07, 6.45) is 0.802. The van der Waals surface area contributed by atoms with Gasteiger partial charge in [0, 0.05) is 37.2 Å². The number of thiazole rings is 1. The van der Waals surface area contributed by atoms with E-state index in [1.807, 2.05) is 11.4 Å². The summed E-state index contributed by atoms with van der Waals surface area (Å²) in [6, 6.07) is 8.83. The molecule has 5 rings (SSSR count). The minimum absolute atomic E-state index is 0.0141. The number of alkyl halides is 2. The zero-order valence-electron chi connectivity index (χ0n) is 19.0. The van der Waals surface area contributed by atoms with Crippen LogP contribution in [-0.4, -0.2) is 55.3 Å². The van der Waals surface area contributed by atoms with Crippen LogP contribution >= 0.6 is 11.3 Å². The Labute approximate surface area is 208 Å². The summed E-state index contributed by atoms with van der Waals surface area (Å²) in [4.78, 5) is 25.5. The second-order valence-corrected chi connectivity index (χ2v) is 8.96. The molecule has 36 heavy (non-hydrogen) atoms. The first-order valence-electron chi connectivity index (χ1n) is 10.9. The molecule has 4 aromatic rings. The van der Waals surface area contributed by atoms with E-state index in [0.29, 0.717) is 40.6 Å². The number of hydrogen-bond acceptors (Lipinski definition) is 9. The average molecular weight is 514 g/mol. The molecule has 3 N–H and O–H groups in total. The summed E-state index contributed by atoms with van der Waals surface area (Å²) >= 11 is 1.39. The Hall–Kier alpha value is -3.97. The number of aromatic nitrogens is 5. The summed E-state index contributed by atoms with van der Waals surface area (Å²) in [6.45, 7) is -0.360. The number of hydrogen-bond donors (Lipinski definition) is 3. The van der Waals surface area contributed by atoms with E-state index in [-0.39, 0.29) is 11.8 Å². The largest absolute Gasteiger partial charge is 0.469 e. The Kier molecular flexibility index (Phi) is 6.33. The molecular weight excluding hydrogens is 492 g/mol. The molecule has 0 spiro atoms. The lowest BCUT2D eigenvalue weighted by Crippen LogP contribution is -2.35. The van der Waals surface area contributed by atoms with Crippen molar-refractivity contribution in [2.45, 2.75) is 18.4 Å². The molecule has 0 radical (unpaired) electrons. The van der Waals surface area contributed by atoms with Crippen molar-refractivity contribution in [2.75, 3.05) is 18.5 Å². The van der Waals surface area contributed by atoms with Crippen LogP contribution in [0.15, 0.2) is 48.1 Å². The number of nitrogens with zero attached hydrogens (tertiary/aromatic N) is 5. The molecule has 1 aromatic carbocycles. The Balaban J connectivity index is 1.37. The van der Waals surface area contributed by atoms with Crippen molar-refractivity contribution in [3.05, 3.63) is 53.7 Å². The minimum atomic E-state index is -2.63. The SMILES string of the molecule is Cn1cc(Nc2nccc(-c3csc(-c4cccc(C5(O)CCNC5=O)c4)n3)n2)c(OCC(F)F)n1. The Morgan fingerprint density at radius 1 is 1.31 bits per heavy atom. The number of carbonyl (C=O) groups is 1. The third kappa shape index (κ3) is 4.75. The van der Waals surface area contributed by atoms with E-state index >= 15 is 0 Å². The van der Waals surface area contributed by atoms with Crippen molar-refractivity contribution >= 4 is 28.9 Å². The van der Waals surface area contributed by atoms with Crippen LogP contribution in [0.1, 0.15) is 12.0 Å². The molecule has 1 unspecified atom stereocenters. The molecule has 13 heteroatoms. The Bertz CT molecular complexity index is 1410. The van der Waals surface area contributed by atoms with Crippen LogP contribution in [0.5, 0.6) is 5.88 Å². The first-order valence-corrected chi connectivity index (χ1v) is 11.8. The Morgan fingerprint density at radius 2 is 2.17 bits per heavy atom. The van der Waals surface area contributed by atoms with Crippen LogP contribution in [0.25, 0.3) is 22.0 Å². The number of benzene rings is 1. The minimum Gasteiger partial charge on any atom is -0.469 e. The highest BCUT2D eigenvalue weighted by atomic mass is 32.1. The van der Waals surface area contributed by atoms with Crippen LogP contribution in [0.4, 0.5) is 20.4 Å². The van der Waals surface area contributed by atoms with Gasteiger partial charge in [0.1, 0.15) is 16.4 Å². The Morgan fingerprint density at radius 3 is 2.94 bits per heavy atom. The molecular formula is C23H21F2N7O3S. The summed E-state index contributed by atoms with van der Waals surface area (Å²) < 4.78 is 31.6. The maximum absolute atomic E-state index is 12.5. The van der Waals surface area contributed by atoms with Crippen LogP contribution in [-0.2, 0) is 17.4 Å². The fourth-order valence-electron chi connectivity index (χ4n) is 3.81. The fraction of sp³-hybridized carbons (Fsp3) is 0.261. The average Bonchev–Trinajstić information content (AvgIpc) is 3.58. The quantitative estimate of drug-likeness (QED) is 0.328. The molecule has 3 aromatic heterocycles. The van der Waals surface area contributed by atoms with E-state index in [9.17, 15) is 18.7 Å². The topological polar surface area (TPSA) is 127 Å². The smallest absolute Gasteiger partial charge is 0.272 e. The van der Waals surface area contributed by atoms with Gasteiger partial charge in [0.25, 0.3) is 18.2 Å². The van der Waals surface area contributed by atoms with Gasteiger partial charge >= 0.3 is 0 Å². The molecule has 1 aliphatic heterocycles. The van der Waals surface area contributed by atoms with Crippen molar-refractivity contribution in [3.63, 3.8) is 0 Å². The van der Waals surface area contributed by atoms with Crippen LogP contribution in [0, 0.1) is 0 Å². The molecule has 1 fully saturated rings. The molecule has 0 bridgehead atoms. The molecule has 1 saturated heterocycles. The number of halogens is 2. The van der Waals surface area contributed by atoms with Gasteiger partial charge in [0.15, 0.2) is 12.2 Å². The number of anilines is 2. The van der Waals surface area contributed by atoms with Gasteiger partial charge in [-0.2, -0.15) is 0 Å². The van der Waals surface area contributed by atoms with Gasteiger partial charge in [0.05, 0.1) is 11.9 Å². The number of ether oxygens (including phenoxy) is 1.